The summed E-state index contributed by atoms with van der Waals surface area (Å²) >= 11 is 4.36. The lowest BCUT2D eigenvalue weighted by Gasteiger charge is -2.07. The first-order valence-corrected chi connectivity index (χ1v) is 6.79. The van der Waals surface area contributed by atoms with Crippen LogP contribution in [0.2, 0.25) is 0 Å². The van der Waals surface area contributed by atoms with Gasteiger partial charge in [-0.2, -0.15) is 5.10 Å². The molecule has 104 valence electrons. The number of H-pyrrole nitrogens is 1. The number of aromatic amines is 1. The average molecular weight is 281 g/mol. The van der Waals surface area contributed by atoms with Crippen molar-refractivity contribution < 1.29 is 4.74 Å². The first-order chi connectivity index (χ1) is 9.19. The minimum atomic E-state index is 0.611. The second-order valence-corrected chi connectivity index (χ2v) is 4.74. The maximum absolute atomic E-state index is 5.08. The molecule has 7 heteroatoms. The molecule has 1 N–H and O–H groups in total. The fourth-order valence-corrected chi connectivity index (χ4v) is 2.37. The summed E-state index contributed by atoms with van der Waals surface area (Å²) in [6.45, 7) is 5.57. The Morgan fingerprint density at radius 2 is 2.16 bits per heavy atom. The van der Waals surface area contributed by atoms with Crippen LogP contribution < -0.4 is 0 Å². The van der Waals surface area contributed by atoms with E-state index in [0.717, 1.165) is 36.6 Å². The van der Waals surface area contributed by atoms with Crippen molar-refractivity contribution in [2.75, 3.05) is 13.7 Å². The molecule has 0 atom stereocenters. The highest BCUT2D eigenvalue weighted by atomic mass is 32.1. The van der Waals surface area contributed by atoms with Crippen molar-refractivity contribution in [3.8, 4) is 11.5 Å². The van der Waals surface area contributed by atoms with Gasteiger partial charge in [0.25, 0.3) is 0 Å². The molecule has 0 aliphatic rings. The van der Waals surface area contributed by atoms with Gasteiger partial charge >= 0.3 is 0 Å². The van der Waals surface area contributed by atoms with E-state index in [9.17, 15) is 0 Å². The van der Waals surface area contributed by atoms with Crippen molar-refractivity contribution in [3.63, 3.8) is 0 Å². The molecule has 0 spiro atoms. The van der Waals surface area contributed by atoms with Gasteiger partial charge in [0.05, 0.1) is 5.69 Å². The summed E-state index contributed by atoms with van der Waals surface area (Å²) in [5.41, 5.74) is 3.11. The normalized spacial score (nSPS) is 11.2. The van der Waals surface area contributed by atoms with Crippen LogP contribution in [0.3, 0.4) is 0 Å². The number of methoxy groups -OCH3 is 1. The van der Waals surface area contributed by atoms with Crippen molar-refractivity contribution in [2.45, 2.75) is 38.4 Å². The van der Waals surface area contributed by atoms with Gasteiger partial charge in [-0.05, 0) is 19.8 Å². The summed E-state index contributed by atoms with van der Waals surface area (Å²) < 4.78 is 7.06. The molecule has 0 aromatic carbocycles. The van der Waals surface area contributed by atoms with Crippen molar-refractivity contribution in [1.29, 1.82) is 0 Å². The second kappa shape index (κ2) is 6.21. The number of nitrogens with zero attached hydrogens (tertiary/aromatic N) is 4. The van der Waals surface area contributed by atoms with E-state index in [1.807, 2.05) is 11.5 Å². The predicted octanol–water partition coefficient (Wildman–Crippen LogP) is 1.86. The number of hydrogen-bond acceptors (Lipinski definition) is 5. The van der Waals surface area contributed by atoms with Crippen LogP contribution in [0.4, 0.5) is 0 Å². The number of thiol groups is 1. The standard InChI is InChI=1S/C12H19N5OS/c1-4-9-8(2)13-14-10(9)11-15-16-12(19)17(11)6-5-7-18-3/h4-7H2,1-3H3,(H,13,14)(H,16,19). The lowest BCUT2D eigenvalue weighted by Crippen LogP contribution is -2.05. The van der Waals surface area contributed by atoms with Gasteiger partial charge in [-0.1, -0.05) is 6.92 Å². The molecule has 0 aliphatic heterocycles. The number of aromatic nitrogens is 5. The predicted molar refractivity (Wildman–Crippen MR) is 75.5 cm³/mol. The Morgan fingerprint density at radius 1 is 1.37 bits per heavy atom. The highest BCUT2D eigenvalue weighted by Crippen LogP contribution is 2.24. The largest absolute Gasteiger partial charge is 0.385 e. The Kier molecular flexibility index (Phi) is 4.60. The lowest BCUT2D eigenvalue weighted by molar-refractivity contribution is 0.189. The number of ether oxygens (including phenoxy) is 1. The molecule has 0 fully saturated rings. The minimum absolute atomic E-state index is 0.611. The van der Waals surface area contributed by atoms with Gasteiger partial charge < -0.3 is 9.30 Å². The highest BCUT2D eigenvalue weighted by molar-refractivity contribution is 7.80. The van der Waals surface area contributed by atoms with E-state index in [0.29, 0.717) is 11.8 Å². The Labute approximate surface area is 118 Å². The molecule has 0 unspecified atom stereocenters. The van der Waals surface area contributed by atoms with E-state index in [1.54, 1.807) is 7.11 Å². The third-order valence-electron chi connectivity index (χ3n) is 3.11. The van der Waals surface area contributed by atoms with Crippen LogP contribution in [0.15, 0.2) is 5.16 Å². The fraction of sp³-hybridized carbons (Fsp3) is 0.583. The second-order valence-electron chi connectivity index (χ2n) is 4.34. The van der Waals surface area contributed by atoms with Gasteiger partial charge in [-0.15, -0.1) is 22.8 Å². The van der Waals surface area contributed by atoms with E-state index in [4.69, 9.17) is 4.74 Å². The Hall–Kier alpha value is -1.34. The first-order valence-electron chi connectivity index (χ1n) is 6.34. The summed E-state index contributed by atoms with van der Waals surface area (Å²) in [4.78, 5) is 0. The molecule has 2 heterocycles. The van der Waals surface area contributed by atoms with Crippen LogP contribution in [0.25, 0.3) is 11.5 Å². The maximum atomic E-state index is 5.08. The Balaban J connectivity index is 2.34. The summed E-state index contributed by atoms with van der Waals surface area (Å²) in [6.07, 6.45) is 1.80. The monoisotopic (exact) mass is 281 g/mol. The average Bonchev–Trinajstić information content (AvgIpc) is 2.94. The van der Waals surface area contributed by atoms with Crippen molar-refractivity contribution in [3.05, 3.63) is 11.3 Å². The molecule has 6 nitrogen and oxygen atoms in total. The quantitative estimate of drug-likeness (QED) is 0.626. The summed E-state index contributed by atoms with van der Waals surface area (Å²) in [7, 11) is 1.70. The van der Waals surface area contributed by atoms with Crippen molar-refractivity contribution in [2.24, 2.45) is 0 Å². The van der Waals surface area contributed by atoms with Gasteiger partial charge in [-0.3, -0.25) is 5.10 Å². The van der Waals surface area contributed by atoms with E-state index in [1.165, 1.54) is 5.56 Å². The third kappa shape index (κ3) is 2.82. The molecular formula is C12H19N5OS. The molecule has 0 bridgehead atoms. The van der Waals surface area contributed by atoms with Crippen LogP contribution >= 0.6 is 12.6 Å². The molecule has 19 heavy (non-hydrogen) atoms. The number of nitrogens with one attached hydrogen (secondary N) is 1. The highest BCUT2D eigenvalue weighted by Gasteiger charge is 2.17. The molecule has 0 aliphatic carbocycles. The van der Waals surface area contributed by atoms with Crippen molar-refractivity contribution >= 4 is 12.6 Å². The SMILES string of the molecule is CCc1c(C)n[nH]c1-c1nnc(S)n1CCCOC. The zero-order valence-corrected chi connectivity index (χ0v) is 12.4. The van der Waals surface area contributed by atoms with Gasteiger partial charge in [0, 0.05) is 25.8 Å². The molecule has 2 aromatic rings. The lowest BCUT2D eigenvalue weighted by atomic mass is 10.1. The number of hydrogen-bond donors (Lipinski definition) is 2. The zero-order valence-electron chi connectivity index (χ0n) is 11.5. The van der Waals surface area contributed by atoms with Gasteiger partial charge in [0.15, 0.2) is 11.0 Å². The van der Waals surface area contributed by atoms with Gasteiger partial charge in [0.1, 0.15) is 5.69 Å². The first kappa shape index (κ1) is 14.1. The van der Waals surface area contributed by atoms with Crippen LogP contribution in [0, 0.1) is 6.92 Å². The Bertz CT molecular complexity index is 548. The molecule has 0 saturated carbocycles. The van der Waals surface area contributed by atoms with Gasteiger partial charge in [0.2, 0.25) is 0 Å². The van der Waals surface area contributed by atoms with E-state index in [-0.39, 0.29) is 0 Å². The smallest absolute Gasteiger partial charge is 0.188 e. The molecular weight excluding hydrogens is 262 g/mol. The third-order valence-corrected chi connectivity index (χ3v) is 3.44. The van der Waals surface area contributed by atoms with E-state index in [2.05, 4.69) is 39.9 Å². The van der Waals surface area contributed by atoms with Crippen LogP contribution in [-0.2, 0) is 17.7 Å². The van der Waals surface area contributed by atoms with E-state index < -0.39 is 0 Å². The molecule has 2 rings (SSSR count). The Morgan fingerprint density at radius 3 is 2.84 bits per heavy atom. The summed E-state index contributed by atoms with van der Waals surface area (Å²) in [5, 5.41) is 16.2. The summed E-state index contributed by atoms with van der Waals surface area (Å²) in [5.74, 6) is 0.790. The van der Waals surface area contributed by atoms with Gasteiger partial charge in [-0.25, -0.2) is 0 Å². The summed E-state index contributed by atoms with van der Waals surface area (Å²) in [6, 6.07) is 0. The maximum Gasteiger partial charge on any atom is 0.188 e. The minimum Gasteiger partial charge on any atom is -0.385 e. The van der Waals surface area contributed by atoms with Crippen LogP contribution in [0.5, 0.6) is 0 Å². The topological polar surface area (TPSA) is 68.6 Å². The van der Waals surface area contributed by atoms with E-state index >= 15 is 0 Å². The van der Waals surface area contributed by atoms with Crippen LogP contribution in [-0.4, -0.2) is 38.7 Å². The zero-order chi connectivity index (χ0) is 13.8. The number of rotatable bonds is 6. The number of aryl methyl sites for hydroxylation is 1. The molecule has 0 amide bonds. The fourth-order valence-electron chi connectivity index (χ4n) is 2.13. The molecule has 0 saturated heterocycles. The molecule has 2 aromatic heterocycles. The van der Waals surface area contributed by atoms with Crippen molar-refractivity contribution in [1.82, 2.24) is 25.0 Å². The van der Waals surface area contributed by atoms with Crippen LogP contribution in [0.1, 0.15) is 24.6 Å². The molecule has 0 radical (unpaired) electrons.